The van der Waals surface area contributed by atoms with Crippen LogP contribution in [-0.2, 0) is 0 Å². The Balaban J connectivity index is 0. The molecule has 1 nitrogen and oxygen atoms in total. The van der Waals surface area contributed by atoms with Gasteiger partial charge in [-0.2, -0.15) is 0 Å². The molecular formula is C5H13Cl2FN+. The smallest absolute Gasteiger partial charge is 0.154 e. The van der Waals surface area contributed by atoms with Gasteiger partial charge in [-0.15, -0.1) is 12.4 Å². The average Bonchev–Trinajstić information content (AvgIpc) is 1.67. The van der Waals surface area contributed by atoms with Crippen LogP contribution < -0.4 is 0 Å². The van der Waals surface area contributed by atoms with Gasteiger partial charge in [-0.1, -0.05) is 11.6 Å². The third-order valence-electron chi connectivity index (χ3n) is 1.01. The maximum absolute atomic E-state index is 11.6. The topological polar surface area (TPSA) is 0 Å². The van der Waals surface area contributed by atoms with Gasteiger partial charge in [0.2, 0.25) is 0 Å². The molecule has 0 aliphatic rings. The minimum atomic E-state index is -0.292. The number of alkyl halides is 2. The van der Waals surface area contributed by atoms with E-state index in [4.69, 9.17) is 11.6 Å². The zero-order chi connectivity index (χ0) is 6.62. The third-order valence-corrected chi connectivity index (χ3v) is 1.66. The second-order valence-electron chi connectivity index (χ2n) is 2.47. The first-order valence-electron chi connectivity index (χ1n) is 2.56. The first kappa shape index (κ1) is 12.2. The highest BCUT2D eigenvalue weighted by Crippen LogP contribution is 1.97. The summed E-state index contributed by atoms with van der Waals surface area (Å²) in [6, 6.07) is 0.476. The molecule has 0 N–H and O–H groups in total. The van der Waals surface area contributed by atoms with Crippen molar-refractivity contribution in [3.63, 3.8) is 0 Å². The lowest BCUT2D eigenvalue weighted by Gasteiger charge is -2.24. The van der Waals surface area contributed by atoms with Crippen molar-refractivity contribution in [1.82, 2.24) is 0 Å². The minimum Gasteiger partial charge on any atom is -0.314 e. The predicted molar refractivity (Wildman–Crippen MR) is 40.9 cm³/mol. The number of halogens is 3. The molecule has 0 spiro atoms. The van der Waals surface area contributed by atoms with E-state index in [1.54, 1.807) is 0 Å². The highest BCUT2D eigenvalue weighted by Gasteiger charge is 2.10. The number of hydrogen-bond acceptors (Lipinski definition) is 0. The average molecular weight is 177 g/mol. The summed E-state index contributed by atoms with van der Waals surface area (Å²) in [6.45, 7) is 0.212. The zero-order valence-corrected chi connectivity index (χ0v) is 7.31. The first-order chi connectivity index (χ1) is 3.62. The van der Waals surface area contributed by atoms with Gasteiger partial charge in [-0.05, 0) is 0 Å². The van der Waals surface area contributed by atoms with E-state index >= 15 is 0 Å². The van der Waals surface area contributed by atoms with Crippen molar-refractivity contribution in [3.8, 4) is 0 Å². The van der Waals surface area contributed by atoms with Gasteiger partial charge in [-0.3, -0.25) is 0 Å². The van der Waals surface area contributed by atoms with Crippen LogP contribution in [0.5, 0.6) is 0 Å². The molecule has 0 aliphatic heterocycles. The first-order valence-corrected chi connectivity index (χ1v) is 3.10. The fourth-order valence-electron chi connectivity index (χ4n) is 0.289. The van der Waals surface area contributed by atoms with E-state index in [2.05, 4.69) is 0 Å². The second kappa shape index (κ2) is 5.27. The highest BCUT2D eigenvalue weighted by atomic mass is 35.5. The highest BCUT2D eigenvalue weighted by molar-refractivity contribution is 6.16. The minimum absolute atomic E-state index is 0. The van der Waals surface area contributed by atoms with Gasteiger partial charge in [-0.25, -0.2) is 4.39 Å². The molecule has 0 aromatic carbocycles. The predicted octanol–water partition coefficient (Wildman–Crippen LogP) is 1.65. The van der Waals surface area contributed by atoms with Gasteiger partial charge in [0.15, 0.2) is 6.00 Å². The lowest BCUT2D eigenvalue weighted by molar-refractivity contribution is -0.878. The van der Waals surface area contributed by atoms with E-state index in [-0.39, 0.29) is 19.1 Å². The Bertz CT molecular complexity index is 68.0. The molecule has 0 bridgehead atoms. The van der Waals surface area contributed by atoms with Gasteiger partial charge in [0.05, 0.1) is 14.1 Å². The lowest BCUT2D eigenvalue weighted by Crippen LogP contribution is -2.39. The van der Waals surface area contributed by atoms with Crippen LogP contribution in [0.25, 0.3) is 0 Å². The molecule has 0 atom stereocenters. The quantitative estimate of drug-likeness (QED) is 0.349. The van der Waals surface area contributed by atoms with Gasteiger partial charge < -0.3 is 4.48 Å². The molecule has 0 saturated carbocycles. The summed E-state index contributed by atoms with van der Waals surface area (Å²) in [5, 5.41) is 0. The van der Waals surface area contributed by atoms with Crippen LogP contribution in [0.15, 0.2) is 0 Å². The Hall–Kier alpha value is 0.470. The van der Waals surface area contributed by atoms with Crippen molar-refractivity contribution in [3.05, 3.63) is 0 Å². The van der Waals surface area contributed by atoms with Crippen molar-refractivity contribution in [2.75, 3.05) is 33.3 Å². The maximum Gasteiger partial charge on any atom is 0.154 e. The van der Waals surface area contributed by atoms with Gasteiger partial charge >= 0.3 is 0 Å². The molecule has 0 radical (unpaired) electrons. The Labute approximate surface area is 66.8 Å². The van der Waals surface area contributed by atoms with Crippen LogP contribution in [0, 0.1) is 0 Å². The molecule has 0 rings (SSSR count). The van der Waals surface area contributed by atoms with E-state index in [1.807, 2.05) is 14.1 Å². The molecule has 0 heterocycles. The molecule has 58 valence electrons. The molecular weight excluding hydrogens is 164 g/mol. The fourth-order valence-corrected chi connectivity index (χ4v) is 0.408. The third kappa shape index (κ3) is 6.35. The largest absolute Gasteiger partial charge is 0.314 e. The number of hydrogen-bond donors (Lipinski definition) is 0. The molecule has 0 saturated heterocycles. The number of rotatable bonds is 3. The monoisotopic (exact) mass is 176 g/mol. The molecule has 0 unspecified atom stereocenters. The van der Waals surface area contributed by atoms with E-state index in [0.29, 0.717) is 17.0 Å². The van der Waals surface area contributed by atoms with E-state index in [9.17, 15) is 4.39 Å². The van der Waals surface area contributed by atoms with Crippen molar-refractivity contribution < 1.29 is 8.87 Å². The van der Waals surface area contributed by atoms with Crippen molar-refractivity contribution in [2.24, 2.45) is 0 Å². The Morgan fingerprint density at radius 3 is 2.00 bits per heavy atom. The summed E-state index contributed by atoms with van der Waals surface area (Å²) in [4.78, 5) is 0. The molecule has 0 aliphatic carbocycles. The van der Waals surface area contributed by atoms with Crippen molar-refractivity contribution in [1.29, 1.82) is 0 Å². The Kier molecular flexibility index (Phi) is 7.13. The molecule has 0 amide bonds. The van der Waals surface area contributed by atoms with Crippen LogP contribution in [0.3, 0.4) is 0 Å². The number of nitrogens with zero attached hydrogens (tertiary/aromatic N) is 1. The van der Waals surface area contributed by atoms with Crippen LogP contribution >= 0.6 is 24.0 Å². The molecule has 4 heteroatoms. The van der Waals surface area contributed by atoms with Crippen LogP contribution in [0.2, 0.25) is 0 Å². The summed E-state index contributed by atoms with van der Waals surface area (Å²) >= 11 is 5.48. The van der Waals surface area contributed by atoms with Crippen LogP contribution in [0.4, 0.5) is 4.39 Å². The Morgan fingerprint density at radius 2 is 1.89 bits per heavy atom. The molecule has 0 aromatic heterocycles. The SMILES string of the molecule is C[N+](C)(CCl)CCF.Cl. The summed E-state index contributed by atoms with van der Waals surface area (Å²) in [6.07, 6.45) is 0. The zero-order valence-electron chi connectivity index (χ0n) is 5.73. The van der Waals surface area contributed by atoms with Gasteiger partial charge in [0, 0.05) is 0 Å². The Morgan fingerprint density at radius 1 is 1.44 bits per heavy atom. The summed E-state index contributed by atoms with van der Waals surface area (Å²) in [7, 11) is 3.79. The van der Waals surface area contributed by atoms with Crippen molar-refractivity contribution in [2.45, 2.75) is 0 Å². The standard InChI is InChI=1S/C5H12ClFN.ClH/c1-8(2,5-6)4-3-7;/h3-5H2,1-2H3;1H/q+1;. The normalized spacial score (nSPS) is 10.7. The summed E-state index contributed by atoms with van der Waals surface area (Å²) in [5.74, 6) is 0. The fraction of sp³-hybridized carbons (Fsp3) is 1.00. The maximum atomic E-state index is 11.6. The van der Waals surface area contributed by atoms with Crippen LogP contribution in [-0.4, -0.2) is 37.8 Å². The van der Waals surface area contributed by atoms with Gasteiger partial charge in [0.25, 0.3) is 0 Å². The molecule has 9 heavy (non-hydrogen) atoms. The second-order valence-corrected chi connectivity index (χ2v) is 2.71. The van der Waals surface area contributed by atoms with E-state index in [0.717, 1.165) is 0 Å². The van der Waals surface area contributed by atoms with Crippen LogP contribution in [0.1, 0.15) is 0 Å². The van der Waals surface area contributed by atoms with Gasteiger partial charge in [0.1, 0.15) is 13.2 Å². The number of quaternary nitrogens is 1. The summed E-state index contributed by atoms with van der Waals surface area (Å²) in [5.41, 5.74) is 0. The molecule has 0 fully saturated rings. The lowest BCUT2D eigenvalue weighted by atomic mass is 10.5. The van der Waals surface area contributed by atoms with E-state index in [1.165, 1.54) is 0 Å². The molecule has 0 aromatic rings. The summed E-state index contributed by atoms with van der Waals surface area (Å²) < 4.78 is 12.2. The van der Waals surface area contributed by atoms with E-state index < -0.39 is 0 Å². The van der Waals surface area contributed by atoms with Crippen molar-refractivity contribution >= 4 is 24.0 Å².